The molecule has 1 aromatic carbocycles. The van der Waals surface area contributed by atoms with Crippen molar-refractivity contribution in [1.29, 1.82) is 0 Å². The third kappa shape index (κ3) is 3.49. The van der Waals surface area contributed by atoms with Gasteiger partial charge < -0.3 is 10.4 Å². The van der Waals surface area contributed by atoms with Crippen molar-refractivity contribution in [2.45, 2.75) is 25.4 Å². The zero-order chi connectivity index (χ0) is 15.5. The molecule has 0 spiro atoms. The number of nitrogens with one attached hydrogen (secondary N) is 1. The van der Waals surface area contributed by atoms with Crippen LogP contribution in [0.4, 0.5) is 0 Å². The molecule has 2 aromatic rings. The van der Waals surface area contributed by atoms with Crippen LogP contribution in [0.25, 0.3) is 0 Å². The first-order valence-electron chi connectivity index (χ1n) is 6.91. The zero-order valence-corrected chi connectivity index (χ0v) is 12.6. The summed E-state index contributed by atoms with van der Waals surface area (Å²) in [5.41, 5.74) is 0.990. The van der Waals surface area contributed by atoms with Crippen molar-refractivity contribution in [1.82, 2.24) is 15.1 Å². The van der Waals surface area contributed by atoms with Gasteiger partial charge in [0.2, 0.25) is 5.91 Å². The van der Waals surface area contributed by atoms with Gasteiger partial charge in [0.25, 0.3) is 0 Å². The fourth-order valence-corrected chi connectivity index (χ4v) is 2.13. The van der Waals surface area contributed by atoms with Crippen molar-refractivity contribution in [2.24, 2.45) is 7.05 Å². The molecule has 1 amide bonds. The number of amides is 1. The highest BCUT2D eigenvalue weighted by Gasteiger charge is 2.29. The molecule has 0 radical (unpaired) electrons. The minimum atomic E-state index is -0.755. The van der Waals surface area contributed by atoms with E-state index >= 15 is 0 Å². The maximum absolute atomic E-state index is 12.4. The van der Waals surface area contributed by atoms with Crippen molar-refractivity contribution < 1.29 is 9.90 Å². The van der Waals surface area contributed by atoms with Gasteiger partial charge in [-0.25, -0.2) is 0 Å². The predicted molar refractivity (Wildman–Crippen MR) is 80.6 cm³/mol. The van der Waals surface area contributed by atoms with Gasteiger partial charge in [-0.15, -0.1) is 0 Å². The van der Waals surface area contributed by atoms with E-state index in [9.17, 15) is 9.90 Å². The Kier molecular flexibility index (Phi) is 4.43. The SMILES string of the molecule is Cn1cc([C@H](O)CNC(=O)C(C)(C)c2ccccc2)cn1. The third-order valence-corrected chi connectivity index (χ3v) is 3.63. The van der Waals surface area contributed by atoms with Crippen LogP contribution in [0.15, 0.2) is 42.7 Å². The van der Waals surface area contributed by atoms with E-state index in [-0.39, 0.29) is 12.5 Å². The molecule has 0 bridgehead atoms. The molecule has 0 saturated heterocycles. The monoisotopic (exact) mass is 287 g/mol. The number of hydrogen-bond acceptors (Lipinski definition) is 3. The van der Waals surface area contributed by atoms with E-state index in [0.29, 0.717) is 5.56 Å². The second-order valence-corrected chi connectivity index (χ2v) is 5.66. The lowest BCUT2D eigenvalue weighted by Gasteiger charge is -2.24. The highest BCUT2D eigenvalue weighted by Crippen LogP contribution is 2.23. The van der Waals surface area contributed by atoms with Crippen molar-refractivity contribution in [3.8, 4) is 0 Å². The Morgan fingerprint density at radius 1 is 1.38 bits per heavy atom. The number of aromatic nitrogens is 2. The average molecular weight is 287 g/mol. The van der Waals surface area contributed by atoms with Crippen LogP contribution >= 0.6 is 0 Å². The first-order valence-corrected chi connectivity index (χ1v) is 6.91. The number of carbonyl (C=O) groups is 1. The molecule has 5 nitrogen and oxygen atoms in total. The Morgan fingerprint density at radius 2 is 2.05 bits per heavy atom. The fraction of sp³-hybridized carbons (Fsp3) is 0.375. The standard InChI is InChI=1S/C16H21N3O2/c1-16(2,13-7-5-4-6-8-13)15(21)17-10-14(20)12-9-18-19(3)11-12/h4-9,11,14,20H,10H2,1-3H3,(H,17,21)/t14-/m1/s1. The first-order chi connectivity index (χ1) is 9.91. The minimum absolute atomic E-state index is 0.114. The number of carbonyl (C=O) groups excluding carboxylic acids is 1. The van der Waals surface area contributed by atoms with Crippen LogP contribution in [0.5, 0.6) is 0 Å². The number of rotatable bonds is 5. The van der Waals surface area contributed by atoms with Crippen molar-refractivity contribution in [2.75, 3.05) is 6.54 Å². The van der Waals surface area contributed by atoms with Crippen LogP contribution in [-0.4, -0.2) is 27.3 Å². The van der Waals surface area contributed by atoms with Gasteiger partial charge in [0, 0.05) is 25.4 Å². The van der Waals surface area contributed by atoms with Gasteiger partial charge in [0.05, 0.1) is 17.7 Å². The molecule has 2 rings (SSSR count). The molecule has 1 aromatic heterocycles. The van der Waals surface area contributed by atoms with Gasteiger partial charge in [-0.2, -0.15) is 5.10 Å². The normalized spacial score (nSPS) is 13.0. The number of nitrogens with zero attached hydrogens (tertiary/aromatic N) is 2. The van der Waals surface area contributed by atoms with E-state index in [1.807, 2.05) is 44.2 Å². The topological polar surface area (TPSA) is 67.2 Å². The summed E-state index contributed by atoms with van der Waals surface area (Å²) < 4.78 is 1.62. The number of aliphatic hydroxyl groups excluding tert-OH is 1. The van der Waals surface area contributed by atoms with Crippen LogP contribution in [0.3, 0.4) is 0 Å². The lowest BCUT2D eigenvalue weighted by molar-refractivity contribution is -0.126. The lowest BCUT2D eigenvalue weighted by Crippen LogP contribution is -2.41. The zero-order valence-electron chi connectivity index (χ0n) is 12.6. The third-order valence-electron chi connectivity index (χ3n) is 3.63. The fourth-order valence-electron chi connectivity index (χ4n) is 2.13. The maximum atomic E-state index is 12.4. The highest BCUT2D eigenvalue weighted by atomic mass is 16.3. The Morgan fingerprint density at radius 3 is 2.62 bits per heavy atom. The van der Waals surface area contributed by atoms with E-state index in [0.717, 1.165) is 5.56 Å². The van der Waals surface area contributed by atoms with E-state index in [1.54, 1.807) is 24.1 Å². The summed E-state index contributed by atoms with van der Waals surface area (Å²) in [5.74, 6) is -0.114. The molecular formula is C16H21N3O2. The molecule has 5 heteroatoms. The van der Waals surface area contributed by atoms with Crippen molar-refractivity contribution >= 4 is 5.91 Å². The summed E-state index contributed by atoms with van der Waals surface area (Å²) in [6.07, 6.45) is 2.58. The Balaban J connectivity index is 1.98. The van der Waals surface area contributed by atoms with E-state index in [4.69, 9.17) is 0 Å². The molecule has 1 atom stereocenters. The summed E-state index contributed by atoms with van der Waals surface area (Å²) in [5, 5.41) is 16.9. The molecular weight excluding hydrogens is 266 g/mol. The van der Waals surface area contributed by atoms with Gasteiger partial charge >= 0.3 is 0 Å². The van der Waals surface area contributed by atoms with Gasteiger partial charge in [-0.1, -0.05) is 30.3 Å². The molecule has 0 saturated carbocycles. The summed E-state index contributed by atoms with van der Waals surface area (Å²) in [7, 11) is 1.79. The molecule has 0 aliphatic rings. The van der Waals surface area contributed by atoms with E-state index in [1.165, 1.54) is 0 Å². The maximum Gasteiger partial charge on any atom is 0.230 e. The first kappa shape index (κ1) is 15.3. The highest BCUT2D eigenvalue weighted by molar-refractivity contribution is 5.87. The number of hydrogen-bond donors (Lipinski definition) is 2. The van der Waals surface area contributed by atoms with Crippen LogP contribution in [0.1, 0.15) is 31.1 Å². The summed E-state index contributed by atoms with van der Waals surface area (Å²) >= 11 is 0. The molecule has 21 heavy (non-hydrogen) atoms. The molecule has 0 fully saturated rings. The molecule has 1 heterocycles. The van der Waals surface area contributed by atoms with Crippen LogP contribution < -0.4 is 5.32 Å². The number of benzene rings is 1. The van der Waals surface area contributed by atoms with Crippen molar-refractivity contribution in [3.05, 3.63) is 53.9 Å². The Bertz CT molecular complexity index is 605. The second-order valence-electron chi connectivity index (χ2n) is 5.66. The lowest BCUT2D eigenvalue weighted by atomic mass is 9.83. The molecule has 0 unspecified atom stereocenters. The van der Waals surface area contributed by atoms with E-state index < -0.39 is 11.5 Å². The Hall–Kier alpha value is -2.14. The molecule has 2 N–H and O–H groups in total. The molecule has 0 aliphatic heterocycles. The van der Waals surface area contributed by atoms with Crippen LogP contribution in [-0.2, 0) is 17.3 Å². The van der Waals surface area contributed by atoms with Crippen LogP contribution in [0.2, 0.25) is 0 Å². The Labute approximate surface area is 124 Å². The summed E-state index contributed by atoms with van der Waals surface area (Å²) in [6, 6.07) is 9.60. The minimum Gasteiger partial charge on any atom is -0.386 e. The van der Waals surface area contributed by atoms with E-state index in [2.05, 4.69) is 10.4 Å². The molecule has 112 valence electrons. The summed E-state index contributed by atoms with van der Waals surface area (Å²) in [6.45, 7) is 3.91. The van der Waals surface area contributed by atoms with Gasteiger partial charge in [0.15, 0.2) is 0 Å². The van der Waals surface area contributed by atoms with Crippen LogP contribution in [0, 0.1) is 0 Å². The number of aliphatic hydroxyl groups is 1. The van der Waals surface area contributed by atoms with Gasteiger partial charge in [0.1, 0.15) is 0 Å². The quantitative estimate of drug-likeness (QED) is 0.876. The van der Waals surface area contributed by atoms with Gasteiger partial charge in [-0.3, -0.25) is 9.48 Å². The second kappa shape index (κ2) is 6.10. The molecule has 0 aliphatic carbocycles. The average Bonchev–Trinajstić information content (AvgIpc) is 2.92. The number of aryl methyl sites for hydroxylation is 1. The smallest absolute Gasteiger partial charge is 0.230 e. The largest absolute Gasteiger partial charge is 0.386 e. The van der Waals surface area contributed by atoms with Crippen molar-refractivity contribution in [3.63, 3.8) is 0 Å². The predicted octanol–water partition coefficient (Wildman–Crippen LogP) is 1.55. The van der Waals surface area contributed by atoms with Gasteiger partial charge in [-0.05, 0) is 19.4 Å². The summed E-state index contributed by atoms with van der Waals surface area (Å²) in [4.78, 5) is 12.4.